The van der Waals surface area contributed by atoms with E-state index in [-0.39, 0.29) is 12.5 Å². The SMILES string of the molecule is CN(C)c1ccc(Cc2nccn2CC(N)=O)cc1. The largest absolute Gasteiger partial charge is 0.378 e. The van der Waals surface area contributed by atoms with Crippen LogP contribution in [0.5, 0.6) is 0 Å². The van der Waals surface area contributed by atoms with Crippen LogP contribution < -0.4 is 10.6 Å². The van der Waals surface area contributed by atoms with Crippen molar-refractivity contribution >= 4 is 11.6 Å². The Labute approximate surface area is 112 Å². The first-order valence-electron chi connectivity index (χ1n) is 6.11. The Kier molecular flexibility index (Phi) is 3.85. The van der Waals surface area contributed by atoms with Gasteiger partial charge in [0, 0.05) is 38.6 Å². The number of anilines is 1. The second-order valence-electron chi connectivity index (χ2n) is 4.68. The van der Waals surface area contributed by atoms with E-state index in [0.29, 0.717) is 6.42 Å². The number of carbonyl (C=O) groups excluding carboxylic acids is 1. The van der Waals surface area contributed by atoms with Crippen LogP contribution in [0.1, 0.15) is 11.4 Å². The molecular formula is C14H18N4O. The Morgan fingerprint density at radius 2 is 2.00 bits per heavy atom. The van der Waals surface area contributed by atoms with Gasteiger partial charge in [-0.1, -0.05) is 12.1 Å². The molecule has 19 heavy (non-hydrogen) atoms. The van der Waals surface area contributed by atoms with Crippen LogP contribution in [0.3, 0.4) is 0 Å². The molecule has 2 rings (SSSR count). The van der Waals surface area contributed by atoms with Crippen LogP contribution in [0.2, 0.25) is 0 Å². The first kappa shape index (κ1) is 13.1. The molecule has 2 aromatic rings. The van der Waals surface area contributed by atoms with Gasteiger partial charge in [-0.15, -0.1) is 0 Å². The molecule has 5 nitrogen and oxygen atoms in total. The summed E-state index contributed by atoms with van der Waals surface area (Å²) >= 11 is 0. The minimum Gasteiger partial charge on any atom is -0.378 e. The molecule has 2 N–H and O–H groups in total. The Morgan fingerprint density at radius 3 is 2.58 bits per heavy atom. The average Bonchev–Trinajstić information content (AvgIpc) is 2.76. The van der Waals surface area contributed by atoms with E-state index in [1.807, 2.05) is 14.1 Å². The van der Waals surface area contributed by atoms with E-state index in [1.54, 1.807) is 17.0 Å². The monoisotopic (exact) mass is 258 g/mol. The Balaban J connectivity index is 2.12. The smallest absolute Gasteiger partial charge is 0.237 e. The predicted molar refractivity (Wildman–Crippen MR) is 75.0 cm³/mol. The van der Waals surface area contributed by atoms with Crippen molar-refractivity contribution in [3.63, 3.8) is 0 Å². The second kappa shape index (κ2) is 5.56. The zero-order chi connectivity index (χ0) is 13.8. The van der Waals surface area contributed by atoms with Crippen LogP contribution in [0.15, 0.2) is 36.7 Å². The lowest BCUT2D eigenvalue weighted by molar-refractivity contribution is -0.118. The minimum atomic E-state index is -0.359. The summed E-state index contributed by atoms with van der Waals surface area (Å²) in [5.74, 6) is 0.485. The molecule has 0 saturated carbocycles. The Hall–Kier alpha value is -2.30. The molecule has 5 heteroatoms. The molecule has 0 bridgehead atoms. The number of aromatic nitrogens is 2. The van der Waals surface area contributed by atoms with Gasteiger partial charge >= 0.3 is 0 Å². The molecule has 0 aliphatic carbocycles. The van der Waals surface area contributed by atoms with Crippen molar-refractivity contribution < 1.29 is 4.79 Å². The molecule has 0 spiro atoms. The van der Waals surface area contributed by atoms with Gasteiger partial charge in [-0.3, -0.25) is 4.79 Å². The van der Waals surface area contributed by atoms with Gasteiger partial charge < -0.3 is 15.2 Å². The highest BCUT2D eigenvalue weighted by molar-refractivity contribution is 5.73. The number of benzene rings is 1. The van der Waals surface area contributed by atoms with Crippen LogP contribution in [-0.2, 0) is 17.8 Å². The summed E-state index contributed by atoms with van der Waals surface area (Å²) in [5.41, 5.74) is 7.52. The fourth-order valence-corrected chi connectivity index (χ4v) is 1.91. The van der Waals surface area contributed by atoms with Crippen molar-refractivity contribution in [3.8, 4) is 0 Å². The molecule has 1 heterocycles. The molecule has 0 saturated heterocycles. The molecule has 1 aromatic carbocycles. The van der Waals surface area contributed by atoms with E-state index in [4.69, 9.17) is 5.73 Å². The maximum Gasteiger partial charge on any atom is 0.237 e. The maximum absolute atomic E-state index is 11.0. The van der Waals surface area contributed by atoms with Crippen molar-refractivity contribution in [3.05, 3.63) is 48.0 Å². The highest BCUT2D eigenvalue weighted by Crippen LogP contribution is 2.14. The van der Waals surface area contributed by atoms with Gasteiger partial charge in [-0.05, 0) is 17.7 Å². The molecule has 0 radical (unpaired) electrons. The predicted octanol–water partition coefficient (Wildman–Crippen LogP) is 1.03. The molecule has 0 aliphatic heterocycles. The number of nitrogens with two attached hydrogens (primary N) is 1. The Morgan fingerprint density at radius 1 is 1.32 bits per heavy atom. The number of hydrogen-bond donors (Lipinski definition) is 1. The van der Waals surface area contributed by atoms with Gasteiger partial charge in [0.15, 0.2) is 0 Å². The van der Waals surface area contributed by atoms with E-state index in [1.165, 1.54) is 0 Å². The summed E-state index contributed by atoms with van der Waals surface area (Å²) in [6.45, 7) is 0.172. The van der Waals surface area contributed by atoms with Gasteiger partial charge in [-0.25, -0.2) is 4.98 Å². The van der Waals surface area contributed by atoms with Crippen LogP contribution in [0, 0.1) is 0 Å². The standard InChI is InChI=1S/C14H18N4O/c1-17(2)12-5-3-11(4-6-12)9-14-16-7-8-18(14)10-13(15)19/h3-8H,9-10H2,1-2H3,(H2,15,19). The van der Waals surface area contributed by atoms with Crippen LogP contribution in [0.4, 0.5) is 5.69 Å². The van der Waals surface area contributed by atoms with E-state index < -0.39 is 0 Å². The van der Waals surface area contributed by atoms with E-state index in [0.717, 1.165) is 17.1 Å². The Bertz CT molecular complexity index is 557. The van der Waals surface area contributed by atoms with Crippen molar-refractivity contribution in [1.82, 2.24) is 9.55 Å². The zero-order valence-electron chi connectivity index (χ0n) is 11.2. The van der Waals surface area contributed by atoms with Gasteiger partial charge in [0.1, 0.15) is 12.4 Å². The van der Waals surface area contributed by atoms with E-state index >= 15 is 0 Å². The quantitative estimate of drug-likeness (QED) is 0.871. The minimum absolute atomic E-state index is 0.172. The third kappa shape index (κ3) is 3.34. The maximum atomic E-state index is 11.0. The number of primary amides is 1. The number of carbonyl (C=O) groups is 1. The summed E-state index contributed by atoms with van der Waals surface area (Å²) in [7, 11) is 4.02. The fraction of sp³-hybridized carbons (Fsp3) is 0.286. The number of amides is 1. The summed E-state index contributed by atoms with van der Waals surface area (Å²) in [5, 5.41) is 0. The lowest BCUT2D eigenvalue weighted by Crippen LogP contribution is -2.19. The fourth-order valence-electron chi connectivity index (χ4n) is 1.91. The molecule has 0 fully saturated rings. The first-order chi connectivity index (χ1) is 9.06. The van der Waals surface area contributed by atoms with Crippen molar-refractivity contribution in [2.24, 2.45) is 5.73 Å². The molecular weight excluding hydrogens is 240 g/mol. The third-order valence-electron chi connectivity index (χ3n) is 2.94. The summed E-state index contributed by atoms with van der Waals surface area (Å²) in [6.07, 6.45) is 4.15. The molecule has 0 aliphatic rings. The van der Waals surface area contributed by atoms with Crippen molar-refractivity contribution in [2.75, 3.05) is 19.0 Å². The molecule has 1 aromatic heterocycles. The zero-order valence-corrected chi connectivity index (χ0v) is 11.2. The number of rotatable bonds is 5. The molecule has 1 amide bonds. The highest BCUT2D eigenvalue weighted by Gasteiger charge is 2.06. The van der Waals surface area contributed by atoms with Gasteiger partial charge in [-0.2, -0.15) is 0 Å². The summed E-state index contributed by atoms with van der Waals surface area (Å²) in [4.78, 5) is 17.3. The van der Waals surface area contributed by atoms with Gasteiger partial charge in [0.05, 0.1) is 0 Å². The average molecular weight is 258 g/mol. The van der Waals surface area contributed by atoms with Gasteiger partial charge in [0.2, 0.25) is 5.91 Å². The van der Waals surface area contributed by atoms with Crippen molar-refractivity contribution in [1.29, 1.82) is 0 Å². The van der Waals surface area contributed by atoms with E-state index in [9.17, 15) is 4.79 Å². The summed E-state index contributed by atoms with van der Waals surface area (Å²) in [6, 6.07) is 8.27. The molecule has 0 atom stereocenters. The lowest BCUT2D eigenvalue weighted by Gasteiger charge is -2.12. The molecule has 0 unspecified atom stereocenters. The third-order valence-corrected chi connectivity index (χ3v) is 2.94. The number of hydrogen-bond acceptors (Lipinski definition) is 3. The lowest BCUT2D eigenvalue weighted by atomic mass is 10.1. The van der Waals surface area contributed by atoms with Crippen LogP contribution >= 0.6 is 0 Å². The number of nitrogens with zero attached hydrogens (tertiary/aromatic N) is 3. The van der Waals surface area contributed by atoms with E-state index in [2.05, 4.69) is 34.1 Å². The molecule has 100 valence electrons. The van der Waals surface area contributed by atoms with Crippen molar-refractivity contribution in [2.45, 2.75) is 13.0 Å². The van der Waals surface area contributed by atoms with Crippen LogP contribution in [-0.4, -0.2) is 29.6 Å². The van der Waals surface area contributed by atoms with Crippen LogP contribution in [0.25, 0.3) is 0 Å². The highest BCUT2D eigenvalue weighted by atomic mass is 16.1. The first-order valence-corrected chi connectivity index (χ1v) is 6.11. The summed E-state index contributed by atoms with van der Waals surface area (Å²) < 4.78 is 1.78. The normalized spacial score (nSPS) is 10.4. The second-order valence-corrected chi connectivity index (χ2v) is 4.68. The number of imidazole rings is 1. The topological polar surface area (TPSA) is 64.2 Å². The van der Waals surface area contributed by atoms with Gasteiger partial charge in [0.25, 0.3) is 0 Å².